The molecule has 33 heavy (non-hydrogen) atoms. The second kappa shape index (κ2) is 7.61. The molecule has 2 heterocycles. The molecule has 1 aromatic heterocycles. The zero-order valence-electron chi connectivity index (χ0n) is 19.3. The van der Waals surface area contributed by atoms with Gasteiger partial charge in [-0.15, -0.1) is 0 Å². The van der Waals surface area contributed by atoms with Crippen LogP contribution in [-0.4, -0.2) is 35.1 Å². The summed E-state index contributed by atoms with van der Waals surface area (Å²) in [6, 6.07) is 0.245. The number of aromatic nitrogens is 2. The molecule has 4 rings (SSSR count). The molecule has 178 valence electrons. The summed E-state index contributed by atoms with van der Waals surface area (Å²) < 4.78 is 41.3. The molecule has 3 amide bonds. The normalized spacial score (nSPS) is 18.5. The van der Waals surface area contributed by atoms with Crippen molar-refractivity contribution in [2.24, 2.45) is 0 Å². The Kier molecular flexibility index (Phi) is 5.38. The number of carbonyl (C=O) groups is 2. The topological polar surface area (TPSA) is 90.1 Å². The first-order valence-electron chi connectivity index (χ1n) is 10.9. The van der Waals surface area contributed by atoms with E-state index < -0.39 is 42.8 Å². The Labute approximate surface area is 191 Å². The Hall–Kier alpha value is -2.82. The van der Waals surface area contributed by atoms with Crippen molar-refractivity contribution in [3.05, 3.63) is 40.8 Å². The molecule has 1 fully saturated rings. The van der Waals surface area contributed by atoms with Gasteiger partial charge in [0.05, 0.1) is 25.9 Å². The van der Waals surface area contributed by atoms with Crippen LogP contribution in [0.15, 0.2) is 12.1 Å². The first kappa shape index (κ1) is 23.3. The van der Waals surface area contributed by atoms with Crippen LogP contribution in [0.4, 0.5) is 29.5 Å². The molecule has 0 atom stereocenters. The van der Waals surface area contributed by atoms with Gasteiger partial charge in [0, 0.05) is 22.7 Å². The highest BCUT2D eigenvalue weighted by atomic mass is 28.3. The van der Waals surface area contributed by atoms with Crippen LogP contribution in [0.1, 0.15) is 44.4 Å². The highest BCUT2D eigenvalue weighted by Crippen LogP contribution is 2.56. The minimum absolute atomic E-state index is 0.0432. The van der Waals surface area contributed by atoms with Crippen molar-refractivity contribution in [1.29, 1.82) is 0 Å². The number of carbonyl (C=O) groups excluding carboxylic acids is 2. The highest BCUT2D eigenvalue weighted by molar-refractivity contribution is 6.83. The smallest absolute Gasteiger partial charge is 0.309 e. The fourth-order valence-corrected chi connectivity index (χ4v) is 7.45. The molecule has 1 aliphatic carbocycles. The van der Waals surface area contributed by atoms with E-state index in [0.717, 1.165) is 19.3 Å². The Morgan fingerprint density at radius 1 is 1.09 bits per heavy atom. The number of anilines is 2. The molecule has 0 radical (unpaired) electrons. The maximum atomic E-state index is 14.0. The number of rotatable bonds is 4. The lowest BCUT2D eigenvalue weighted by Gasteiger charge is -2.48. The maximum Gasteiger partial charge on any atom is 0.323 e. The highest BCUT2D eigenvalue weighted by Gasteiger charge is 2.54. The van der Waals surface area contributed by atoms with E-state index in [4.69, 9.17) is 0 Å². The van der Waals surface area contributed by atoms with Crippen LogP contribution in [0.5, 0.6) is 0 Å². The summed E-state index contributed by atoms with van der Waals surface area (Å²) in [5, 5.41) is 12.0. The van der Waals surface area contributed by atoms with Crippen LogP contribution in [0.3, 0.4) is 0 Å². The zero-order valence-corrected chi connectivity index (χ0v) is 20.3. The Bertz CT molecular complexity index is 1110. The number of hydrogen-bond acceptors (Lipinski definition) is 3. The van der Waals surface area contributed by atoms with Gasteiger partial charge in [-0.25, -0.2) is 18.0 Å². The summed E-state index contributed by atoms with van der Waals surface area (Å²) in [6.45, 7) is 10.1. The minimum Gasteiger partial charge on any atom is -0.309 e. The van der Waals surface area contributed by atoms with Gasteiger partial charge < -0.3 is 15.5 Å². The number of fused-ring (bicyclic) bond motifs is 1. The first-order valence-corrected chi connectivity index (χ1v) is 14.4. The van der Waals surface area contributed by atoms with E-state index in [1.807, 2.05) is 0 Å². The van der Waals surface area contributed by atoms with Crippen LogP contribution in [0, 0.1) is 17.5 Å². The minimum atomic E-state index is -1.79. The summed E-state index contributed by atoms with van der Waals surface area (Å²) >= 11 is 0. The van der Waals surface area contributed by atoms with Gasteiger partial charge in [0.25, 0.3) is 0 Å². The molecule has 0 unspecified atom stereocenters. The van der Waals surface area contributed by atoms with Crippen LogP contribution in [-0.2, 0) is 16.9 Å². The predicted molar refractivity (Wildman–Crippen MR) is 121 cm³/mol. The average molecular weight is 480 g/mol. The van der Waals surface area contributed by atoms with Crippen molar-refractivity contribution in [3.8, 4) is 0 Å². The van der Waals surface area contributed by atoms with Crippen molar-refractivity contribution in [2.45, 2.75) is 69.9 Å². The number of aromatic amines is 1. The third-order valence-electron chi connectivity index (χ3n) is 7.26. The predicted octanol–water partition coefficient (Wildman–Crippen LogP) is 5.31. The fourth-order valence-electron chi connectivity index (χ4n) is 4.86. The fraction of sp³-hybridized carbons (Fsp3) is 0.500. The molecule has 1 aliphatic heterocycles. The number of nitrogens with one attached hydrogen (secondary N) is 3. The molecule has 2 aromatic rings. The van der Waals surface area contributed by atoms with Crippen LogP contribution in [0.2, 0.25) is 24.7 Å². The van der Waals surface area contributed by atoms with E-state index in [1.165, 1.54) is 4.90 Å². The molecule has 0 saturated heterocycles. The van der Waals surface area contributed by atoms with Gasteiger partial charge >= 0.3 is 6.03 Å². The van der Waals surface area contributed by atoms with Gasteiger partial charge in [-0.3, -0.25) is 9.89 Å². The number of H-pyrrole nitrogens is 1. The average Bonchev–Trinajstić information content (AvgIpc) is 3.14. The summed E-state index contributed by atoms with van der Waals surface area (Å²) in [5.74, 6) is -3.17. The maximum absolute atomic E-state index is 14.0. The van der Waals surface area contributed by atoms with Gasteiger partial charge in [-0.1, -0.05) is 26.1 Å². The van der Waals surface area contributed by atoms with E-state index >= 15 is 0 Å². The Balaban J connectivity index is 1.56. The van der Waals surface area contributed by atoms with E-state index in [9.17, 15) is 22.8 Å². The zero-order chi connectivity index (χ0) is 24.3. The van der Waals surface area contributed by atoms with E-state index in [0.29, 0.717) is 29.2 Å². The number of urea groups is 1. The number of hydrogen-bond donors (Lipinski definition) is 3. The monoisotopic (exact) mass is 479 g/mol. The lowest BCUT2D eigenvalue weighted by molar-refractivity contribution is -0.121. The molecular formula is C22H28F3N5O2Si. The lowest BCUT2D eigenvalue weighted by Crippen LogP contribution is -2.52. The molecule has 0 spiro atoms. The third-order valence-corrected chi connectivity index (χ3v) is 10.9. The number of nitrogens with zero attached hydrogens (tertiary/aromatic N) is 2. The van der Waals surface area contributed by atoms with Gasteiger partial charge in [-0.2, -0.15) is 5.10 Å². The first-order chi connectivity index (χ1) is 15.3. The second-order valence-corrected chi connectivity index (χ2v) is 15.8. The van der Waals surface area contributed by atoms with E-state index in [2.05, 4.69) is 40.5 Å². The summed E-state index contributed by atoms with van der Waals surface area (Å²) in [7, 11) is -1.79. The van der Waals surface area contributed by atoms with Crippen molar-refractivity contribution < 1.29 is 22.8 Å². The van der Waals surface area contributed by atoms with Gasteiger partial charge in [0.1, 0.15) is 11.5 Å². The largest absolute Gasteiger partial charge is 0.323 e. The number of amides is 3. The van der Waals surface area contributed by atoms with Crippen molar-refractivity contribution >= 4 is 31.5 Å². The number of halogens is 3. The molecule has 0 bridgehead atoms. The van der Waals surface area contributed by atoms with Crippen molar-refractivity contribution in [3.63, 3.8) is 0 Å². The molecule has 3 N–H and O–H groups in total. The molecule has 7 nitrogen and oxygen atoms in total. The van der Waals surface area contributed by atoms with Crippen molar-refractivity contribution in [2.75, 3.05) is 10.6 Å². The van der Waals surface area contributed by atoms with Crippen LogP contribution >= 0.6 is 0 Å². The quantitative estimate of drug-likeness (QED) is 0.519. The van der Waals surface area contributed by atoms with E-state index in [-0.39, 0.29) is 17.5 Å². The standard InChI is InChI=1S/C22H28F3N5O2Si/c1-21(2)17-13(11-30(21)20(32)26-16-14(24)9-12(23)10-15(16)25)18(29-28-17)27-19(31)22(7-6-8-22)33(3,4)5/h9-10H,6-8,11H2,1-5H3,(H,26,32)(H2,27,28,29,31). The van der Waals surface area contributed by atoms with Crippen LogP contribution in [0.25, 0.3) is 0 Å². The second-order valence-electron chi connectivity index (χ2n) is 10.4. The molecule has 2 aliphatic rings. The number of benzene rings is 1. The summed E-state index contributed by atoms with van der Waals surface area (Å²) in [6.07, 6.45) is 2.74. The van der Waals surface area contributed by atoms with Gasteiger partial charge in [-0.05, 0) is 26.7 Å². The van der Waals surface area contributed by atoms with Gasteiger partial charge in [0.15, 0.2) is 17.5 Å². The summed E-state index contributed by atoms with van der Waals surface area (Å²) in [4.78, 5) is 27.6. The Morgan fingerprint density at radius 2 is 1.70 bits per heavy atom. The molecular weight excluding hydrogens is 451 g/mol. The third kappa shape index (κ3) is 3.62. The molecule has 1 saturated carbocycles. The van der Waals surface area contributed by atoms with E-state index in [1.54, 1.807) is 13.8 Å². The van der Waals surface area contributed by atoms with Crippen LogP contribution < -0.4 is 10.6 Å². The van der Waals surface area contributed by atoms with Crippen molar-refractivity contribution in [1.82, 2.24) is 15.1 Å². The Morgan fingerprint density at radius 3 is 2.21 bits per heavy atom. The SMILES string of the molecule is CC1(C)c2[nH]nc(NC(=O)C3([Si](C)(C)C)CCC3)c2CN1C(=O)Nc1c(F)cc(F)cc1F. The summed E-state index contributed by atoms with van der Waals surface area (Å²) in [5.41, 5.74) is -0.339. The van der Waals surface area contributed by atoms with Gasteiger partial charge in [0.2, 0.25) is 5.91 Å². The molecule has 11 heteroatoms. The lowest BCUT2D eigenvalue weighted by atomic mass is 9.83. The molecule has 1 aromatic carbocycles.